The molecular weight excluding hydrogens is 967 g/mol. The smallest absolute Gasteiger partial charge is 0.199 e. The van der Waals surface area contributed by atoms with Crippen molar-refractivity contribution in [1.29, 1.82) is 0 Å². The molecule has 4 aromatic heterocycles. The Labute approximate surface area is 430 Å². The van der Waals surface area contributed by atoms with Crippen molar-refractivity contribution in [3.8, 4) is 45.8 Å². The van der Waals surface area contributed by atoms with Gasteiger partial charge in [-0.1, -0.05) is 89.7 Å². The van der Waals surface area contributed by atoms with Gasteiger partial charge < -0.3 is 34.2 Å². The molecule has 75 heavy (non-hydrogen) atoms. The Hall–Kier alpha value is -8.59. The summed E-state index contributed by atoms with van der Waals surface area (Å²) in [6.45, 7) is 11.8. The zero-order valence-electron chi connectivity index (χ0n) is 40.9. The van der Waals surface area contributed by atoms with E-state index in [9.17, 15) is 31.1 Å². The first kappa shape index (κ1) is 54.2. The van der Waals surface area contributed by atoms with E-state index in [1.54, 1.807) is 12.4 Å². The first-order valence-electron chi connectivity index (χ1n) is 24.1. The van der Waals surface area contributed by atoms with Crippen LogP contribution < -0.4 is 9.47 Å². The number of fused-ring (bicyclic) bond motifs is 2. The van der Waals surface area contributed by atoms with Crippen molar-refractivity contribution in [3.63, 3.8) is 0 Å². The van der Waals surface area contributed by atoms with Gasteiger partial charge in [-0.05, 0) is 90.0 Å². The lowest BCUT2D eigenvalue weighted by molar-refractivity contribution is -0.107. The lowest BCUT2D eigenvalue weighted by atomic mass is 9.95. The molecule has 0 bridgehead atoms. The number of aldehydes is 1. The van der Waals surface area contributed by atoms with E-state index in [0.717, 1.165) is 65.4 Å². The molecule has 0 amide bonds. The normalized spacial score (nSPS) is 11.7. The van der Waals surface area contributed by atoms with Crippen LogP contribution in [0.25, 0.3) is 44.6 Å². The number of carbonyl (C=O) groups is 1. The number of nitrogens with one attached hydrogen (secondary N) is 4. The predicted molar refractivity (Wildman–Crippen MR) is 283 cm³/mol. The molecule has 10 rings (SSSR count). The van der Waals surface area contributed by atoms with E-state index in [-0.39, 0.29) is 58.5 Å². The van der Waals surface area contributed by atoms with Crippen LogP contribution in [0.5, 0.6) is 23.0 Å². The average molecular weight is 1020 g/mol. The summed E-state index contributed by atoms with van der Waals surface area (Å²) in [7, 11) is 0. The Balaban J connectivity index is 0.000000209. The zero-order chi connectivity index (χ0) is 52.5. The number of imidazole rings is 2. The molecule has 0 fully saturated rings. The van der Waals surface area contributed by atoms with Gasteiger partial charge in [-0.2, -0.15) is 0 Å². The van der Waals surface area contributed by atoms with Crippen molar-refractivity contribution < 1.29 is 40.6 Å². The SMILES string of the molecule is C.C=CCCc1cccc(C(C)c2cnc(-c3cc(Oc4c(F)cc5[nH]ccc5c4F)ccc3F)[nH]2)c1.CC.CC(c1cccc(CCC=O)c1)c1cnc(-c2cc(Oc3c(F)cc4[nH]ccc4c3F)ccc2F)[nH]1. The molecule has 0 saturated carbocycles. The number of nitrogens with zero attached hydrogens (tertiary/aromatic N) is 2. The summed E-state index contributed by atoms with van der Waals surface area (Å²) >= 11 is 0. The van der Waals surface area contributed by atoms with Crippen molar-refractivity contribution in [2.24, 2.45) is 0 Å². The van der Waals surface area contributed by atoms with Crippen LogP contribution in [-0.2, 0) is 17.6 Å². The van der Waals surface area contributed by atoms with Gasteiger partial charge >= 0.3 is 0 Å². The first-order chi connectivity index (χ1) is 35.9. The van der Waals surface area contributed by atoms with E-state index in [0.29, 0.717) is 29.7 Å². The minimum absolute atomic E-state index is 0. The van der Waals surface area contributed by atoms with Gasteiger partial charge in [0.15, 0.2) is 34.8 Å². The summed E-state index contributed by atoms with van der Waals surface area (Å²) in [5.41, 5.74) is 6.84. The van der Waals surface area contributed by atoms with Crippen molar-refractivity contribution in [2.45, 2.75) is 72.6 Å². The zero-order valence-corrected chi connectivity index (χ0v) is 40.9. The fourth-order valence-electron chi connectivity index (χ4n) is 8.42. The molecule has 0 saturated heterocycles. The number of ether oxygens (including phenoxy) is 2. The average Bonchev–Trinajstić information content (AvgIpc) is 4.28. The molecule has 0 aliphatic carbocycles. The largest absolute Gasteiger partial charge is 0.451 e. The Kier molecular flexibility index (Phi) is 17.6. The molecule has 0 aliphatic rings. The summed E-state index contributed by atoms with van der Waals surface area (Å²) in [5, 5.41) is 0.389. The van der Waals surface area contributed by atoms with E-state index in [2.05, 4.69) is 48.6 Å². The number of H-pyrrole nitrogens is 4. The highest BCUT2D eigenvalue weighted by Crippen LogP contribution is 2.37. The maximum atomic E-state index is 14.8. The molecule has 10 aromatic rings. The van der Waals surface area contributed by atoms with Gasteiger partial charge in [-0.15, -0.1) is 6.58 Å². The van der Waals surface area contributed by atoms with Gasteiger partial charge in [-0.25, -0.2) is 36.3 Å². The lowest BCUT2D eigenvalue weighted by Gasteiger charge is -2.12. The number of allylic oxidation sites excluding steroid dienone is 1. The second-order valence-electron chi connectivity index (χ2n) is 17.2. The molecule has 4 N–H and O–H groups in total. The van der Waals surface area contributed by atoms with Crippen LogP contribution in [-0.4, -0.2) is 36.2 Å². The van der Waals surface area contributed by atoms with E-state index < -0.39 is 46.4 Å². The van der Waals surface area contributed by atoms with E-state index in [1.165, 1.54) is 60.4 Å². The van der Waals surface area contributed by atoms with Gasteiger partial charge in [0.2, 0.25) is 0 Å². The third kappa shape index (κ3) is 12.1. The van der Waals surface area contributed by atoms with Crippen LogP contribution in [0.4, 0.5) is 26.3 Å². The molecular formula is C60H56F6N6O3. The van der Waals surface area contributed by atoms with Crippen LogP contribution in [0.1, 0.15) is 93.4 Å². The van der Waals surface area contributed by atoms with Crippen LogP contribution in [0, 0.1) is 34.9 Å². The maximum absolute atomic E-state index is 14.8. The number of benzene rings is 6. The van der Waals surface area contributed by atoms with E-state index >= 15 is 0 Å². The number of aromatic amines is 4. The first-order valence-corrected chi connectivity index (χ1v) is 24.1. The highest BCUT2D eigenvalue weighted by Gasteiger charge is 2.22. The van der Waals surface area contributed by atoms with Crippen molar-refractivity contribution in [3.05, 3.63) is 215 Å². The summed E-state index contributed by atoms with van der Waals surface area (Å²) < 4.78 is 99.1. The van der Waals surface area contributed by atoms with Gasteiger partial charge in [0.1, 0.15) is 41.1 Å². The Morgan fingerprint density at radius 1 is 0.573 bits per heavy atom. The Morgan fingerprint density at radius 3 is 1.44 bits per heavy atom. The minimum Gasteiger partial charge on any atom is -0.451 e. The monoisotopic (exact) mass is 1020 g/mol. The van der Waals surface area contributed by atoms with Crippen LogP contribution in [0.2, 0.25) is 0 Å². The molecule has 386 valence electrons. The third-order valence-electron chi connectivity index (χ3n) is 12.4. The number of carbonyl (C=O) groups excluding carboxylic acids is 1. The number of hydrogen-bond acceptors (Lipinski definition) is 5. The van der Waals surface area contributed by atoms with Gasteiger partial charge in [0.05, 0.1) is 22.2 Å². The quantitative estimate of drug-likeness (QED) is 0.0436. The third-order valence-corrected chi connectivity index (χ3v) is 12.4. The van der Waals surface area contributed by atoms with Gasteiger partial charge in [-0.3, -0.25) is 0 Å². The number of aryl methyl sites for hydroxylation is 2. The van der Waals surface area contributed by atoms with Crippen molar-refractivity contribution in [2.75, 3.05) is 0 Å². The molecule has 15 heteroatoms. The fourth-order valence-corrected chi connectivity index (χ4v) is 8.42. The Morgan fingerprint density at radius 2 is 1.01 bits per heavy atom. The number of hydrogen-bond donors (Lipinski definition) is 4. The van der Waals surface area contributed by atoms with Crippen LogP contribution >= 0.6 is 0 Å². The summed E-state index contributed by atoms with van der Waals surface area (Å²) in [5.74, 6) is -5.00. The molecule has 0 spiro atoms. The molecule has 4 heterocycles. The highest BCUT2D eigenvalue weighted by atomic mass is 19.2. The second-order valence-corrected chi connectivity index (χ2v) is 17.2. The molecule has 6 aromatic carbocycles. The van der Waals surface area contributed by atoms with Crippen molar-refractivity contribution in [1.82, 2.24) is 29.9 Å². The summed E-state index contributed by atoms with van der Waals surface area (Å²) in [4.78, 5) is 31.3. The van der Waals surface area contributed by atoms with Crippen molar-refractivity contribution >= 4 is 28.1 Å². The molecule has 0 aliphatic heterocycles. The molecule has 9 nitrogen and oxygen atoms in total. The molecule has 2 unspecified atom stereocenters. The number of aromatic nitrogens is 6. The highest BCUT2D eigenvalue weighted by molar-refractivity contribution is 5.83. The van der Waals surface area contributed by atoms with Crippen LogP contribution in [0.15, 0.2) is 147 Å². The fraction of sp³-hybridized carbons (Fsp3) is 0.183. The molecule has 2 atom stereocenters. The lowest BCUT2D eigenvalue weighted by Crippen LogP contribution is -1.98. The summed E-state index contributed by atoms with van der Waals surface area (Å²) in [6.07, 6.45) is 12.0. The topological polar surface area (TPSA) is 124 Å². The van der Waals surface area contributed by atoms with Gasteiger partial charge in [0, 0.05) is 77.3 Å². The summed E-state index contributed by atoms with van der Waals surface area (Å²) in [6, 6.07) is 29.2. The number of halogens is 6. The van der Waals surface area contributed by atoms with Gasteiger partial charge in [0.25, 0.3) is 0 Å². The number of rotatable bonds is 16. The standard InChI is InChI=1S/C29H24F3N3O.C28H22F3N3O2.C2H6.CH4/c1-3-4-6-18-7-5-8-19(13-18)17(2)26-16-34-29(35-26)22-14-20(9-10-23(22)30)36-28-24(31)15-25-21(27(28)32)11-12-33-25;1-16(18-6-2-4-17(12-18)5-3-11-35)25-15-33-28(34-25)21-13-19(7-8-22(21)29)36-27-23(30)14-24-20(26(27)31)9-10-32-24;1-2;/h3,5,7-17,33H,1,4,6H2,2H3,(H,34,35);2,4,6-16,32H,3,5H2,1H3,(H,33,34);1-2H3;1H4. The maximum Gasteiger partial charge on any atom is 0.199 e. The second kappa shape index (κ2) is 24.4. The van der Waals surface area contributed by atoms with E-state index in [4.69, 9.17) is 9.47 Å². The minimum atomic E-state index is -0.877. The molecule has 0 radical (unpaired) electrons. The van der Waals surface area contributed by atoms with Crippen LogP contribution in [0.3, 0.4) is 0 Å². The predicted octanol–water partition coefficient (Wildman–Crippen LogP) is 16.8. The Bertz CT molecular complexity index is 3340. The van der Waals surface area contributed by atoms with E-state index in [1.807, 2.05) is 70.2 Å².